The highest BCUT2D eigenvalue weighted by Crippen LogP contribution is 2.21. The Morgan fingerprint density at radius 2 is 2.43 bits per heavy atom. The standard InChI is InChI=1S/C8H7N3S3/c1-2-3-11-6-5(14-8(11)13)7(12)10-4-9-6/h2,4H,1,3H2,(H,9,10,12). The average Bonchev–Trinajstić information content (AvgIpc) is 2.47. The van der Waals surface area contributed by atoms with Crippen molar-refractivity contribution < 1.29 is 0 Å². The molecule has 2 aromatic rings. The molecule has 0 bridgehead atoms. The van der Waals surface area contributed by atoms with Crippen molar-refractivity contribution in [3.8, 4) is 0 Å². The van der Waals surface area contributed by atoms with Crippen molar-refractivity contribution in [1.82, 2.24) is 14.5 Å². The predicted octanol–water partition coefficient (Wildman–Crippen LogP) is 3.07. The summed E-state index contributed by atoms with van der Waals surface area (Å²) in [7, 11) is 0. The van der Waals surface area contributed by atoms with Gasteiger partial charge in [-0.25, -0.2) is 4.98 Å². The second kappa shape index (κ2) is 3.72. The molecule has 0 saturated heterocycles. The normalized spacial score (nSPS) is 10.6. The van der Waals surface area contributed by atoms with Crippen molar-refractivity contribution in [3.63, 3.8) is 0 Å². The number of H-pyrrole nitrogens is 1. The smallest absolute Gasteiger partial charge is 0.163 e. The molecule has 0 unspecified atom stereocenters. The van der Waals surface area contributed by atoms with Crippen LogP contribution in [0.1, 0.15) is 0 Å². The van der Waals surface area contributed by atoms with Gasteiger partial charge in [0.25, 0.3) is 0 Å². The number of hydrogen-bond donors (Lipinski definition) is 1. The maximum Gasteiger partial charge on any atom is 0.163 e. The summed E-state index contributed by atoms with van der Waals surface area (Å²) in [6.45, 7) is 4.38. The minimum Gasteiger partial charge on any atom is -0.331 e. The molecule has 0 aliphatic rings. The second-order valence-corrected chi connectivity index (χ2v) is 4.68. The number of aromatic amines is 1. The van der Waals surface area contributed by atoms with Gasteiger partial charge in [-0.05, 0) is 12.2 Å². The van der Waals surface area contributed by atoms with Crippen molar-refractivity contribution in [2.24, 2.45) is 0 Å². The van der Waals surface area contributed by atoms with Crippen molar-refractivity contribution in [3.05, 3.63) is 27.6 Å². The van der Waals surface area contributed by atoms with Gasteiger partial charge in [0.05, 0.1) is 6.33 Å². The molecule has 0 aliphatic carbocycles. The van der Waals surface area contributed by atoms with E-state index in [1.165, 1.54) is 11.3 Å². The van der Waals surface area contributed by atoms with E-state index in [0.29, 0.717) is 11.2 Å². The Kier molecular flexibility index (Phi) is 2.58. The molecule has 0 radical (unpaired) electrons. The van der Waals surface area contributed by atoms with E-state index in [-0.39, 0.29) is 0 Å². The molecule has 2 heterocycles. The molecule has 0 aliphatic heterocycles. The van der Waals surface area contributed by atoms with Gasteiger partial charge < -0.3 is 9.55 Å². The van der Waals surface area contributed by atoms with Crippen molar-refractivity contribution in [2.45, 2.75) is 6.54 Å². The summed E-state index contributed by atoms with van der Waals surface area (Å²) in [5.74, 6) is 0. The van der Waals surface area contributed by atoms with E-state index in [4.69, 9.17) is 24.4 Å². The van der Waals surface area contributed by atoms with Gasteiger partial charge in [0.2, 0.25) is 0 Å². The molecule has 0 aromatic carbocycles. The van der Waals surface area contributed by atoms with Crippen LogP contribution in [0.4, 0.5) is 0 Å². The fraction of sp³-hybridized carbons (Fsp3) is 0.125. The molecule has 2 aromatic heterocycles. The maximum atomic E-state index is 5.22. The number of allylic oxidation sites excluding steroid dienone is 1. The van der Waals surface area contributed by atoms with E-state index in [9.17, 15) is 0 Å². The van der Waals surface area contributed by atoms with Crippen LogP contribution in [0, 0.1) is 8.59 Å². The second-order valence-electron chi connectivity index (χ2n) is 2.65. The molecule has 0 atom stereocenters. The Hall–Kier alpha value is -0.850. The van der Waals surface area contributed by atoms with Crippen molar-refractivity contribution in [2.75, 3.05) is 0 Å². The lowest BCUT2D eigenvalue weighted by Gasteiger charge is -1.98. The maximum absolute atomic E-state index is 5.22. The molecule has 0 amide bonds. The van der Waals surface area contributed by atoms with E-state index in [0.717, 1.165) is 14.3 Å². The third kappa shape index (κ3) is 1.45. The summed E-state index contributed by atoms with van der Waals surface area (Å²) < 4.78 is 4.28. The number of nitrogens with zero attached hydrogens (tertiary/aromatic N) is 2. The molecule has 3 nitrogen and oxygen atoms in total. The first-order chi connectivity index (χ1) is 6.74. The lowest BCUT2D eigenvalue weighted by atomic mass is 10.5. The monoisotopic (exact) mass is 241 g/mol. The van der Waals surface area contributed by atoms with Crippen LogP contribution < -0.4 is 0 Å². The zero-order chi connectivity index (χ0) is 10.1. The fourth-order valence-electron chi connectivity index (χ4n) is 1.20. The van der Waals surface area contributed by atoms with Crippen LogP contribution in [0.3, 0.4) is 0 Å². The number of aromatic nitrogens is 3. The number of hydrogen-bond acceptors (Lipinski definition) is 4. The van der Waals surface area contributed by atoms with Gasteiger partial charge in [-0.15, -0.1) is 6.58 Å². The highest BCUT2D eigenvalue weighted by atomic mass is 32.1. The van der Waals surface area contributed by atoms with Gasteiger partial charge in [0.1, 0.15) is 15.0 Å². The third-order valence-corrected chi connectivity index (χ3v) is 3.68. The highest BCUT2D eigenvalue weighted by molar-refractivity contribution is 7.74. The van der Waals surface area contributed by atoms with Crippen LogP contribution in [-0.4, -0.2) is 14.5 Å². The minimum absolute atomic E-state index is 0.595. The first-order valence-electron chi connectivity index (χ1n) is 3.92. The van der Waals surface area contributed by atoms with Gasteiger partial charge in [0.15, 0.2) is 3.95 Å². The van der Waals surface area contributed by atoms with E-state index in [1.54, 1.807) is 12.4 Å². The molecular weight excluding hydrogens is 234 g/mol. The molecule has 0 fully saturated rings. The lowest BCUT2D eigenvalue weighted by molar-refractivity contribution is 0.844. The van der Waals surface area contributed by atoms with E-state index in [2.05, 4.69) is 16.5 Å². The van der Waals surface area contributed by atoms with Crippen molar-refractivity contribution >= 4 is 46.1 Å². The number of nitrogens with one attached hydrogen (secondary N) is 1. The van der Waals surface area contributed by atoms with Gasteiger partial charge in [-0.1, -0.05) is 29.6 Å². The molecule has 72 valence electrons. The third-order valence-electron chi connectivity index (χ3n) is 1.78. The summed E-state index contributed by atoms with van der Waals surface area (Å²) in [6, 6.07) is 0. The van der Waals surface area contributed by atoms with Crippen LogP contribution in [0.15, 0.2) is 19.0 Å². The van der Waals surface area contributed by atoms with Gasteiger partial charge in [-0.3, -0.25) is 0 Å². The van der Waals surface area contributed by atoms with E-state index < -0.39 is 0 Å². The van der Waals surface area contributed by atoms with Gasteiger partial charge in [0, 0.05) is 6.54 Å². The van der Waals surface area contributed by atoms with Gasteiger partial charge in [-0.2, -0.15) is 0 Å². The van der Waals surface area contributed by atoms with E-state index in [1.807, 2.05) is 4.57 Å². The molecule has 1 N–H and O–H groups in total. The predicted molar refractivity (Wildman–Crippen MR) is 63.8 cm³/mol. The zero-order valence-corrected chi connectivity index (χ0v) is 9.64. The molecule has 14 heavy (non-hydrogen) atoms. The summed E-state index contributed by atoms with van der Waals surface area (Å²) >= 11 is 11.8. The largest absolute Gasteiger partial charge is 0.331 e. The van der Waals surface area contributed by atoms with Crippen LogP contribution in [0.2, 0.25) is 0 Å². The van der Waals surface area contributed by atoms with Crippen LogP contribution in [-0.2, 0) is 6.54 Å². The Labute approximate surface area is 94.7 Å². The molecule has 0 spiro atoms. The Bertz CT molecular complexity index is 590. The minimum atomic E-state index is 0.595. The Morgan fingerprint density at radius 3 is 3.14 bits per heavy atom. The molecule has 2 rings (SSSR count). The summed E-state index contributed by atoms with van der Waals surface area (Å²) in [5.41, 5.74) is 0.930. The first kappa shape index (κ1) is 9.70. The number of rotatable bonds is 2. The Balaban J connectivity index is 2.90. The topological polar surface area (TPSA) is 33.6 Å². The first-order valence-corrected chi connectivity index (χ1v) is 5.55. The molecule has 0 saturated carbocycles. The quantitative estimate of drug-likeness (QED) is 0.648. The lowest BCUT2D eigenvalue weighted by Crippen LogP contribution is -1.95. The van der Waals surface area contributed by atoms with Crippen LogP contribution in [0.25, 0.3) is 10.3 Å². The summed E-state index contributed by atoms with van der Waals surface area (Å²) in [6.07, 6.45) is 3.39. The number of thiazole rings is 1. The van der Waals surface area contributed by atoms with Crippen LogP contribution in [0.5, 0.6) is 0 Å². The van der Waals surface area contributed by atoms with Gasteiger partial charge >= 0.3 is 0 Å². The summed E-state index contributed by atoms with van der Waals surface area (Å²) in [4.78, 5) is 7.05. The van der Waals surface area contributed by atoms with E-state index >= 15 is 0 Å². The Morgan fingerprint density at radius 1 is 1.64 bits per heavy atom. The summed E-state index contributed by atoms with van der Waals surface area (Å²) in [5, 5.41) is 0. The zero-order valence-electron chi connectivity index (χ0n) is 7.19. The van der Waals surface area contributed by atoms with Crippen LogP contribution >= 0.6 is 35.8 Å². The SMILES string of the molecule is C=CCn1c(=S)sc2c(=S)nc[nH]c21. The number of fused-ring (bicyclic) bond motifs is 1. The molecular formula is C8H7N3S3. The molecule has 6 heteroatoms. The fourth-order valence-corrected chi connectivity index (χ4v) is 2.75. The average molecular weight is 241 g/mol. The van der Waals surface area contributed by atoms with Crippen molar-refractivity contribution in [1.29, 1.82) is 0 Å². The highest BCUT2D eigenvalue weighted by Gasteiger charge is 2.05.